The molecule has 0 saturated heterocycles. The van der Waals surface area contributed by atoms with Crippen LogP contribution in [-0.4, -0.2) is 5.91 Å². The second kappa shape index (κ2) is 7.65. The summed E-state index contributed by atoms with van der Waals surface area (Å²) in [4.78, 5) is 11.1. The first-order valence-corrected chi connectivity index (χ1v) is 7.03. The number of nitrogens with two attached hydrogens (primary N) is 1. The van der Waals surface area contributed by atoms with E-state index in [-0.39, 0.29) is 11.8 Å². The highest BCUT2D eigenvalue weighted by Crippen LogP contribution is 2.31. The van der Waals surface area contributed by atoms with Gasteiger partial charge in [0.25, 0.3) is 0 Å². The zero-order chi connectivity index (χ0) is 13.5. The number of benzene rings is 1. The lowest BCUT2D eigenvalue weighted by atomic mass is 9.90. The standard InChI is InChI=1S/C14H19Cl2NO/c1-2-3-4-5-10(9-14(17)18)11-6-7-12(15)13(16)8-11/h6-8,10H,2-5,9H2,1H3,(H2,17,18). The zero-order valence-corrected chi connectivity index (χ0v) is 12.1. The highest BCUT2D eigenvalue weighted by atomic mass is 35.5. The van der Waals surface area contributed by atoms with Crippen molar-refractivity contribution in [3.63, 3.8) is 0 Å². The molecule has 2 N–H and O–H groups in total. The van der Waals surface area contributed by atoms with Crippen LogP contribution in [-0.2, 0) is 4.79 Å². The van der Waals surface area contributed by atoms with Crippen molar-refractivity contribution in [1.82, 2.24) is 0 Å². The molecule has 0 bridgehead atoms. The van der Waals surface area contributed by atoms with Gasteiger partial charge in [0.15, 0.2) is 0 Å². The Morgan fingerprint density at radius 2 is 2.00 bits per heavy atom. The van der Waals surface area contributed by atoms with E-state index < -0.39 is 0 Å². The maximum atomic E-state index is 11.1. The number of halogens is 2. The van der Waals surface area contributed by atoms with E-state index in [0.717, 1.165) is 31.2 Å². The predicted octanol–water partition coefficient (Wildman–Crippen LogP) is 4.53. The average molecular weight is 288 g/mol. The molecule has 0 aromatic heterocycles. The second-order valence-electron chi connectivity index (χ2n) is 4.54. The monoisotopic (exact) mass is 287 g/mol. The number of primary amides is 1. The molecule has 1 aromatic rings. The van der Waals surface area contributed by atoms with E-state index in [4.69, 9.17) is 28.9 Å². The lowest BCUT2D eigenvalue weighted by Crippen LogP contribution is -2.15. The quantitative estimate of drug-likeness (QED) is 0.736. The van der Waals surface area contributed by atoms with Crippen LogP contribution in [0.3, 0.4) is 0 Å². The first kappa shape index (κ1) is 15.3. The molecule has 1 amide bonds. The van der Waals surface area contributed by atoms with E-state index in [1.54, 1.807) is 6.07 Å². The maximum absolute atomic E-state index is 11.1. The molecular formula is C14H19Cl2NO. The van der Waals surface area contributed by atoms with Crippen molar-refractivity contribution in [3.8, 4) is 0 Å². The Balaban J connectivity index is 2.79. The number of amides is 1. The van der Waals surface area contributed by atoms with Crippen LogP contribution in [0.25, 0.3) is 0 Å². The summed E-state index contributed by atoms with van der Waals surface area (Å²) in [5.41, 5.74) is 6.35. The fourth-order valence-corrected chi connectivity index (χ4v) is 2.34. The molecule has 1 atom stereocenters. The molecule has 0 radical (unpaired) electrons. The predicted molar refractivity (Wildman–Crippen MR) is 77.2 cm³/mol. The Kier molecular flexibility index (Phi) is 6.51. The third kappa shape index (κ3) is 4.87. The molecule has 2 nitrogen and oxygen atoms in total. The van der Waals surface area contributed by atoms with Gasteiger partial charge >= 0.3 is 0 Å². The molecule has 1 rings (SSSR count). The minimum Gasteiger partial charge on any atom is -0.370 e. The highest BCUT2D eigenvalue weighted by molar-refractivity contribution is 6.42. The van der Waals surface area contributed by atoms with Crippen LogP contribution in [0, 0.1) is 0 Å². The van der Waals surface area contributed by atoms with Crippen molar-refractivity contribution in [3.05, 3.63) is 33.8 Å². The summed E-state index contributed by atoms with van der Waals surface area (Å²) in [6, 6.07) is 5.53. The Bertz CT molecular complexity index is 407. The van der Waals surface area contributed by atoms with Gasteiger partial charge in [-0.2, -0.15) is 0 Å². The number of hydrogen-bond donors (Lipinski definition) is 1. The van der Waals surface area contributed by atoms with Gasteiger partial charge in [0, 0.05) is 6.42 Å². The summed E-state index contributed by atoms with van der Waals surface area (Å²) in [5, 5.41) is 1.06. The zero-order valence-electron chi connectivity index (χ0n) is 10.6. The summed E-state index contributed by atoms with van der Waals surface area (Å²) < 4.78 is 0. The first-order valence-electron chi connectivity index (χ1n) is 6.27. The summed E-state index contributed by atoms with van der Waals surface area (Å²) in [5.74, 6) is -0.133. The van der Waals surface area contributed by atoms with Crippen molar-refractivity contribution in [2.75, 3.05) is 0 Å². The van der Waals surface area contributed by atoms with E-state index in [1.807, 2.05) is 12.1 Å². The Labute approximate surface area is 118 Å². The summed E-state index contributed by atoms with van der Waals surface area (Å²) in [7, 11) is 0. The van der Waals surface area contributed by atoms with Crippen LogP contribution in [0.5, 0.6) is 0 Å². The molecule has 0 aliphatic rings. The van der Waals surface area contributed by atoms with E-state index in [1.165, 1.54) is 0 Å². The number of hydrogen-bond acceptors (Lipinski definition) is 1. The Hall–Kier alpha value is -0.730. The molecule has 18 heavy (non-hydrogen) atoms. The van der Waals surface area contributed by atoms with E-state index in [2.05, 4.69) is 6.92 Å². The molecule has 1 aromatic carbocycles. The molecule has 4 heteroatoms. The van der Waals surface area contributed by atoms with E-state index >= 15 is 0 Å². The highest BCUT2D eigenvalue weighted by Gasteiger charge is 2.15. The first-order chi connectivity index (χ1) is 8.54. The summed E-state index contributed by atoms with van der Waals surface area (Å²) >= 11 is 11.9. The van der Waals surface area contributed by atoms with Crippen LogP contribution >= 0.6 is 23.2 Å². The van der Waals surface area contributed by atoms with Crippen molar-refractivity contribution in [2.45, 2.75) is 44.9 Å². The molecule has 0 heterocycles. The van der Waals surface area contributed by atoms with Crippen LogP contribution in [0.1, 0.15) is 50.5 Å². The minimum atomic E-state index is -0.275. The van der Waals surface area contributed by atoms with Gasteiger partial charge in [-0.1, -0.05) is 55.5 Å². The van der Waals surface area contributed by atoms with Gasteiger partial charge in [0.1, 0.15) is 0 Å². The molecule has 0 aliphatic heterocycles. The smallest absolute Gasteiger partial charge is 0.218 e. The van der Waals surface area contributed by atoms with Crippen molar-refractivity contribution >= 4 is 29.1 Å². The van der Waals surface area contributed by atoms with E-state index in [9.17, 15) is 4.79 Å². The molecule has 0 fully saturated rings. The summed E-state index contributed by atoms with van der Waals surface area (Å²) in [6.45, 7) is 2.16. The van der Waals surface area contributed by atoms with Crippen LogP contribution in [0.15, 0.2) is 18.2 Å². The van der Waals surface area contributed by atoms with Crippen molar-refractivity contribution < 1.29 is 4.79 Å². The van der Waals surface area contributed by atoms with Gasteiger partial charge < -0.3 is 5.73 Å². The largest absolute Gasteiger partial charge is 0.370 e. The van der Waals surface area contributed by atoms with Crippen LogP contribution in [0.4, 0.5) is 0 Å². The third-order valence-corrected chi connectivity index (χ3v) is 3.76. The normalized spacial score (nSPS) is 12.4. The van der Waals surface area contributed by atoms with Crippen LogP contribution < -0.4 is 5.73 Å². The van der Waals surface area contributed by atoms with Crippen LogP contribution in [0.2, 0.25) is 10.0 Å². The number of unbranched alkanes of at least 4 members (excludes halogenated alkanes) is 2. The summed E-state index contributed by atoms with van der Waals surface area (Å²) in [6.07, 6.45) is 4.73. The molecule has 100 valence electrons. The van der Waals surface area contributed by atoms with Gasteiger partial charge in [-0.05, 0) is 30.0 Å². The third-order valence-electron chi connectivity index (χ3n) is 3.02. The second-order valence-corrected chi connectivity index (χ2v) is 5.35. The SMILES string of the molecule is CCCCCC(CC(N)=O)c1ccc(Cl)c(Cl)c1. The lowest BCUT2D eigenvalue weighted by Gasteiger charge is -2.16. The van der Waals surface area contributed by atoms with Gasteiger partial charge in [-0.3, -0.25) is 4.79 Å². The topological polar surface area (TPSA) is 43.1 Å². The van der Waals surface area contributed by atoms with Gasteiger partial charge in [-0.15, -0.1) is 0 Å². The molecule has 0 spiro atoms. The minimum absolute atomic E-state index is 0.142. The van der Waals surface area contributed by atoms with E-state index in [0.29, 0.717) is 16.5 Å². The fraction of sp³-hybridized carbons (Fsp3) is 0.500. The molecule has 0 aliphatic carbocycles. The van der Waals surface area contributed by atoms with Crippen molar-refractivity contribution in [2.24, 2.45) is 5.73 Å². The van der Waals surface area contributed by atoms with Crippen molar-refractivity contribution in [1.29, 1.82) is 0 Å². The maximum Gasteiger partial charge on any atom is 0.218 e. The molecule has 0 saturated carbocycles. The fourth-order valence-electron chi connectivity index (χ4n) is 2.04. The van der Waals surface area contributed by atoms with Gasteiger partial charge in [0.05, 0.1) is 10.0 Å². The van der Waals surface area contributed by atoms with Gasteiger partial charge in [0.2, 0.25) is 5.91 Å². The molecular weight excluding hydrogens is 269 g/mol. The number of rotatable bonds is 7. The van der Waals surface area contributed by atoms with Gasteiger partial charge in [-0.25, -0.2) is 0 Å². The Morgan fingerprint density at radius 3 is 2.56 bits per heavy atom. The molecule has 1 unspecified atom stereocenters. The number of carbonyl (C=O) groups excluding carboxylic acids is 1. The lowest BCUT2D eigenvalue weighted by molar-refractivity contribution is -0.118. The average Bonchev–Trinajstić information content (AvgIpc) is 2.31. The number of carbonyl (C=O) groups is 1. The Morgan fingerprint density at radius 1 is 1.28 bits per heavy atom.